The number of hydrogen-bond acceptors (Lipinski definition) is 5. The van der Waals surface area contributed by atoms with Gasteiger partial charge >= 0.3 is 0 Å². The Labute approximate surface area is 117 Å². The van der Waals surface area contributed by atoms with Crippen LogP contribution in [0.2, 0.25) is 0 Å². The number of ether oxygens (including phenoxy) is 2. The molecule has 0 saturated carbocycles. The van der Waals surface area contributed by atoms with E-state index >= 15 is 0 Å². The monoisotopic (exact) mass is 272 g/mol. The fourth-order valence-corrected chi connectivity index (χ4v) is 2.21. The van der Waals surface area contributed by atoms with Crippen LogP contribution in [-0.4, -0.2) is 21.7 Å². The van der Waals surface area contributed by atoms with E-state index in [9.17, 15) is 5.11 Å². The number of rotatable bonds is 2. The third-order valence-electron chi connectivity index (χ3n) is 3.28. The summed E-state index contributed by atoms with van der Waals surface area (Å²) in [5, 5.41) is 9.60. The lowest BCUT2D eigenvalue weighted by molar-refractivity contribution is 0.0847. The van der Waals surface area contributed by atoms with Crippen molar-refractivity contribution in [1.29, 1.82) is 0 Å². The molecule has 2 aromatic rings. The minimum Gasteiger partial charge on any atom is -0.485 e. The molecule has 2 atom stereocenters. The number of nitrogens with zero attached hydrogens (tertiary/aromatic N) is 2. The SMILES string of the molecule is Cc1nc(C2COc3ccccc3O2)ncc1C(C)O. The summed E-state index contributed by atoms with van der Waals surface area (Å²) in [5.74, 6) is 2.01. The van der Waals surface area contributed by atoms with E-state index in [4.69, 9.17) is 9.47 Å². The summed E-state index contributed by atoms with van der Waals surface area (Å²) in [6, 6.07) is 7.53. The van der Waals surface area contributed by atoms with Gasteiger partial charge in [-0.05, 0) is 26.0 Å². The molecule has 0 aliphatic carbocycles. The second-order valence-electron chi connectivity index (χ2n) is 4.81. The highest BCUT2D eigenvalue weighted by Crippen LogP contribution is 2.35. The quantitative estimate of drug-likeness (QED) is 0.909. The first-order valence-corrected chi connectivity index (χ1v) is 6.55. The van der Waals surface area contributed by atoms with Crippen LogP contribution in [0.25, 0.3) is 0 Å². The first-order valence-electron chi connectivity index (χ1n) is 6.55. The highest BCUT2D eigenvalue weighted by atomic mass is 16.6. The van der Waals surface area contributed by atoms with Crippen LogP contribution in [0.5, 0.6) is 11.5 Å². The first-order chi connectivity index (χ1) is 9.65. The van der Waals surface area contributed by atoms with E-state index in [1.165, 1.54) is 0 Å². The van der Waals surface area contributed by atoms with Crippen molar-refractivity contribution in [2.45, 2.75) is 26.1 Å². The van der Waals surface area contributed by atoms with Crippen LogP contribution in [0.3, 0.4) is 0 Å². The minimum absolute atomic E-state index is 0.327. The van der Waals surface area contributed by atoms with E-state index in [0.29, 0.717) is 18.2 Å². The summed E-state index contributed by atoms with van der Waals surface area (Å²) in [6.07, 6.45) is 0.742. The van der Waals surface area contributed by atoms with Crippen molar-refractivity contribution >= 4 is 0 Å². The molecule has 104 valence electrons. The summed E-state index contributed by atoms with van der Waals surface area (Å²) in [7, 11) is 0. The molecule has 0 fully saturated rings. The van der Waals surface area contributed by atoms with Crippen LogP contribution < -0.4 is 9.47 Å². The molecule has 0 amide bonds. The van der Waals surface area contributed by atoms with Gasteiger partial charge in [0.2, 0.25) is 0 Å². The molecule has 1 aromatic carbocycles. The summed E-state index contributed by atoms with van der Waals surface area (Å²) in [5.41, 5.74) is 1.48. The normalized spacial score (nSPS) is 18.6. The van der Waals surface area contributed by atoms with E-state index in [1.54, 1.807) is 13.1 Å². The van der Waals surface area contributed by atoms with Crippen molar-refractivity contribution in [2.75, 3.05) is 6.61 Å². The zero-order chi connectivity index (χ0) is 14.1. The molecule has 1 N–H and O–H groups in total. The van der Waals surface area contributed by atoms with Crippen molar-refractivity contribution in [3.8, 4) is 11.5 Å². The van der Waals surface area contributed by atoms with Crippen molar-refractivity contribution in [2.24, 2.45) is 0 Å². The van der Waals surface area contributed by atoms with Crippen molar-refractivity contribution in [1.82, 2.24) is 9.97 Å². The molecule has 2 unspecified atom stereocenters. The van der Waals surface area contributed by atoms with Crippen LogP contribution in [0, 0.1) is 6.92 Å². The Morgan fingerprint density at radius 2 is 2.05 bits per heavy atom. The molecule has 0 saturated heterocycles. The predicted octanol–water partition coefficient (Wildman–Crippen LogP) is 2.35. The Bertz CT molecular complexity index is 628. The van der Waals surface area contributed by atoms with E-state index < -0.39 is 6.10 Å². The molecule has 2 heterocycles. The van der Waals surface area contributed by atoms with Crippen LogP contribution in [0.4, 0.5) is 0 Å². The molecule has 1 aromatic heterocycles. The topological polar surface area (TPSA) is 64.5 Å². The number of fused-ring (bicyclic) bond motifs is 1. The molecule has 1 aliphatic heterocycles. The van der Waals surface area contributed by atoms with Crippen LogP contribution in [-0.2, 0) is 0 Å². The van der Waals surface area contributed by atoms with E-state index in [2.05, 4.69) is 9.97 Å². The Balaban J connectivity index is 1.86. The van der Waals surface area contributed by atoms with Gasteiger partial charge in [0, 0.05) is 17.5 Å². The molecule has 5 nitrogen and oxygen atoms in total. The standard InChI is InChI=1S/C15H16N2O3/c1-9-11(10(2)18)7-16-15(17-9)14-8-19-12-5-3-4-6-13(12)20-14/h3-7,10,14,18H,8H2,1-2H3. The number of para-hydroxylation sites is 2. The largest absolute Gasteiger partial charge is 0.485 e. The third kappa shape index (κ3) is 2.32. The lowest BCUT2D eigenvalue weighted by atomic mass is 10.1. The van der Waals surface area contributed by atoms with Crippen LogP contribution in [0.15, 0.2) is 30.5 Å². The van der Waals surface area contributed by atoms with Crippen molar-refractivity contribution < 1.29 is 14.6 Å². The van der Waals surface area contributed by atoms with Gasteiger partial charge in [0.15, 0.2) is 23.4 Å². The van der Waals surface area contributed by atoms with Gasteiger partial charge in [0.25, 0.3) is 0 Å². The lowest BCUT2D eigenvalue weighted by Gasteiger charge is -2.25. The van der Waals surface area contributed by atoms with E-state index in [0.717, 1.165) is 17.0 Å². The van der Waals surface area contributed by atoms with Crippen molar-refractivity contribution in [3.63, 3.8) is 0 Å². The maximum absolute atomic E-state index is 9.60. The van der Waals surface area contributed by atoms with Crippen LogP contribution >= 0.6 is 0 Å². The van der Waals surface area contributed by atoms with Gasteiger partial charge in [-0.3, -0.25) is 0 Å². The van der Waals surface area contributed by atoms with Gasteiger partial charge in [-0.15, -0.1) is 0 Å². The van der Waals surface area contributed by atoms with Gasteiger partial charge in [0.05, 0.1) is 6.10 Å². The molecular formula is C15H16N2O3. The summed E-state index contributed by atoms with van der Waals surface area (Å²) >= 11 is 0. The second-order valence-corrected chi connectivity index (χ2v) is 4.81. The lowest BCUT2D eigenvalue weighted by Crippen LogP contribution is -2.24. The molecule has 0 bridgehead atoms. The summed E-state index contributed by atoms with van der Waals surface area (Å²) < 4.78 is 11.5. The van der Waals surface area contributed by atoms with Crippen LogP contribution in [0.1, 0.15) is 36.2 Å². The number of aliphatic hydroxyl groups is 1. The number of benzene rings is 1. The average molecular weight is 272 g/mol. The molecule has 5 heteroatoms. The number of hydrogen-bond donors (Lipinski definition) is 1. The molecular weight excluding hydrogens is 256 g/mol. The summed E-state index contributed by atoms with van der Waals surface area (Å²) in [4.78, 5) is 8.70. The second kappa shape index (κ2) is 5.09. The van der Waals surface area contributed by atoms with Gasteiger partial charge in [-0.25, -0.2) is 9.97 Å². The number of aryl methyl sites for hydroxylation is 1. The third-order valence-corrected chi connectivity index (χ3v) is 3.28. The zero-order valence-electron chi connectivity index (χ0n) is 11.4. The average Bonchev–Trinajstić information content (AvgIpc) is 2.46. The predicted molar refractivity (Wildman–Crippen MR) is 72.7 cm³/mol. The Morgan fingerprint density at radius 3 is 2.75 bits per heavy atom. The van der Waals surface area contributed by atoms with Gasteiger partial charge in [0.1, 0.15) is 6.61 Å². The maximum Gasteiger partial charge on any atom is 0.192 e. The fourth-order valence-electron chi connectivity index (χ4n) is 2.21. The molecule has 20 heavy (non-hydrogen) atoms. The van der Waals surface area contributed by atoms with Crippen molar-refractivity contribution in [3.05, 3.63) is 47.5 Å². The summed E-state index contributed by atoms with van der Waals surface area (Å²) in [6.45, 7) is 3.93. The molecule has 1 aliphatic rings. The van der Waals surface area contributed by atoms with Gasteiger partial charge in [-0.2, -0.15) is 0 Å². The molecule has 0 spiro atoms. The Hall–Kier alpha value is -2.14. The molecule has 0 radical (unpaired) electrons. The zero-order valence-corrected chi connectivity index (χ0v) is 11.4. The highest BCUT2D eigenvalue weighted by molar-refractivity contribution is 5.41. The van der Waals surface area contributed by atoms with E-state index in [1.807, 2.05) is 31.2 Å². The highest BCUT2D eigenvalue weighted by Gasteiger charge is 2.25. The smallest absolute Gasteiger partial charge is 0.192 e. The fraction of sp³-hybridized carbons (Fsp3) is 0.333. The van der Waals surface area contributed by atoms with E-state index in [-0.39, 0.29) is 6.10 Å². The Kier molecular flexibility index (Phi) is 3.28. The number of aliphatic hydroxyl groups excluding tert-OH is 1. The Morgan fingerprint density at radius 1 is 1.30 bits per heavy atom. The first kappa shape index (κ1) is 12.9. The number of aromatic nitrogens is 2. The van der Waals surface area contributed by atoms with Gasteiger partial charge in [-0.1, -0.05) is 12.1 Å². The van der Waals surface area contributed by atoms with Gasteiger partial charge < -0.3 is 14.6 Å². The minimum atomic E-state index is -0.576. The molecule has 3 rings (SSSR count). The maximum atomic E-state index is 9.60.